The van der Waals surface area contributed by atoms with Gasteiger partial charge in [0.1, 0.15) is 22.9 Å². The highest BCUT2D eigenvalue weighted by atomic mass is 19.1. The molecule has 0 saturated heterocycles. The Morgan fingerprint density at radius 3 is 2.61 bits per heavy atom. The number of anilines is 1. The quantitative estimate of drug-likeness (QED) is 0.365. The van der Waals surface area contributed by atoms with Crippen LogP contribution in [0.3, 0.4) is 0 Å². The molecule has 4 rings (SSSR count). The fourth-order valence-corrected chi connectivity index (χ4v) is 3.11. The van der Waals surface area contributed by atoms with Crippen molar-refractivity contribution < 1.29 is 13.9 Å². The molecule has 0 aliphatic rings. The number of carbonyl (C=O) groups excluding carboxylic acids is 1. The summed E-state index contributed by atoms with van der Waals surface area (Å²) in [7, 11) is 0. The molecule has 7 nitrogen and oxygen atoms in total. The standard InChI is InChI=1S/C25H17FN4O3/c1-16-8-2-4-10-20(16)28-23(31)17(15-27)14-18-24(33-21-11-5-3-9-19(21)26)29-22-12-6-7-13-30(22)25(18)32/h2-14H,1H3,(H,28,31)/b17-14-. The predicted molar refractivity (Wildman–Crippen MR) is 121 cm³/mol. The lowest BCUT2D eigenvalue weighted by Crippen LogP contribution is -2.20. The largest absolute Gasteiger partial charge is 0.435 e. The van der Waals surface area contributed by atoms with Gasteiger partial charge in [0.05, 0.1) is 0 Å². The van der Waals surface area contributed by atoms with Crippen molar-refractivity contribution in [2.75, 3.05) is 5.32 Å². The lowest BCUT2D eigenvalue weighted by atomic mass is 10.1. The summed E-state index contributed by atoms with van der Waals surface area (Å²) < 4.78 is 21.0. The molecule has 0 aliphatic heterocycles. The van der Waals surface area contributed by atoms with Gasteiger partial charge in [-0.05, 0) is 48.9 Å². The average Bonchev–Trinajstić information content (AvgIpc) is 2.82. The Kier molecular flexibility index (Phi) is 5.96. The van der Waals surface area contributed by atoms with Crippen LogP contribution in [0.5, 0.6) is 11.6 Å². The number of rotatable bonds is 5. The third-order valence-electron chi connectivity index (χ3n) is 4.82. The first-order chi connectivity index (χ1) is 16.0. The molecule has 33 heavy (non-hydrogen) atoms. The van der Waals surface area contributed by atoms with Crippen molar-refractivity contribution >= 4 is 23.3 Å². The van der Waals surface area contributed by atoms with Crippen LogP contribution in [0.15, 0.2) is 83.3 Å². The Bertz CT molecular complexity index is 1500. The van der Waals surface area contributed by atoms with Crippen molar-refractivity contribution in [3.63, 3.8) is 0 Å². The Morgan fingerprint density at radius 2 is 1.85 bits per heavy atom. The number of pyridine rings is 1. The molecule has 2 aromatic carbocycles. The van der Waals surface area contributed by atoms with Crippen LogP contribution in [0, 0.1) is 24.1 Å². The molecule has 0 bridgehead atoms. The van der Waals surface area contributed by atoms with Crippen LogP contribution >= 0.6 is 0 Å². The zero-order valence-corrected chi connectivity index (χ0v) is 17.4. The summed E-state index contributed by atoms with van der Waals surface area (Å²) in [5, 5.41) is 12.3. The molecule has 0 spiro atoms. The Labute approximate surface area is 188 Å². The van der Waals surface area contributed by atoms with Crippen molar-refractivity contribution in [1.29, 1.82) is 5.26 Å². The number of hydrogen-bond acceptors (Lipinski definition) is 5. The fraction of sp³-hybridized carbons (Fsp3) is 0.0400. The second-order valence-electron chi connectivity index (χ2n) is 7.04. The third kappa shape index (κ3) is 4.48. The van der Waals surface area contributed by atoms with Crippen LogP contribution in [-0.2, 0) is 4.79 Å². The number of nitriles is 1. The van der Waals surface area contributed by atoms with Gasteiger partial charge in [-0.15, -0.1) is 0 Å². The van der Waals surface area contributed by atoms with E-state index in [1.807, 2.05) is 25.1 Å². The third-order valence-corrected chi connectivity index (χ3v) is 4.82. The first-order valence-corrected chi connectivity index (χ1v) is 9.90. The summed E-state index contributed by atoms with van der Waals surface area (Å²) in [6, 6.07) is 19.4. The second kappa shape index (κ2) is 9.16. The Hall–Kier alpha value is -4.77. The van der Waals surface area contributed by atoms with Crippen LogP contribution in [0.25, 0.3) is 11.7 Å². The number of amides is 1. The lowest BCUT2D eigenvalue weighted by Gasteiger charge is -2.11. The average molecular weight is 440 g/mol. The fourth-order valence-electron chi connectivity index (χ4n) is 3.11. The molecule has 162 valence electrons. The molecule has 0 unspecified atom stereocenters. The molecule has 2 aromatic heterocycles. The molecule has 4 aromatic rings. The molecule has 0 fully saturated rings. The zero-order chi connectivity index (χ0) is 23.4. The van der Waals surface area contributed by atoms with Gasteiger partial charge in [0.2, 0.25) is 5.88 Å². The van der Waals surface area contributed by atoms with E-state index in [9.17, 15) is 19.2 Å². The minimum absolute atomic E-state index is 0.151. The maximum absolute atomic E-state index is 14.2. The number of hydrogen-bond donors (Lipinski definition) is 1. The summed E-state index contributed by atoms with van der Waals surface area (Å²) in [6.45, 7) is 1.81. The number of fused-ring (bicyclic) bond motifs is 1. The number of para-hydroxylation sites is 2. The van der Waals surface area contributed by atoms with E-state index in [2.05, 4.69) is 10.3 Å². The minimum atomic E-state index is -0.707. The molecular weight excluding hydrogens is 423 g/mol. The monoisotopic (exact) mass is 440 g/mol. The van der Waals surface area contributed by atoms with Crippen molar-refractivity contribution in [3.8, 4) is 17.7 Å². The smallest absolute Gasteiger partial charge is 0.269 e. The van der Waals surface area contributed by atoms with Gasteiger partial charge in [0.25, 0.3) is 11.5 Å². The van der Waals surface area contributed by atoms with E-state index in [0.717, 1.165) is 11.6 Å². The normalized spacial score (nSPS) is 11.1. The van der Waals surface area contributed by atoms with Crippen LogP contribution in [-0.4, -0.2) is 15.3 Å². The van der Waals surface area contributed by atoms with Crippen LogP contribution in [0.4, 0.5) is 10.1 Å². The van der Waals surface area contributed by atoms with E-state index in [1.165, 1.54) is 28.8 Å². The molecule has 1 amide bonds. The topological polar surface area (TPSA) is 96.5 Å². The van der Waals surface area contributed by atoms with E-state index in [4.69, 9.17) is 4.74 Å². The minimum Gasteiger partial charge on any atom is -0.435 e. The number of aromatic nitrogens is 2. The number of benzene rings is 2. The summed E-state index contributed by atoms with van der Waals surface area (Å²) in [5.74, 6) is -1.74. The van der Waals surface area contributed by atoms with Gasteiger partial charge in [0.15, 0.2) is 11.6 Å². The van der Waals surface area contributed by atoms with Crippen LogP contribution in [0.2, 0.25) is 0 Å². The van der Waals surface area contributed by atoms with Crippen molar-refractivity contribution in [2.45, 2.75) is 6.92 Å². The second-order valence-corrected chi connectivity index (χ2v) is 7.04. The Balaban J connectivity index is 1.83. The summed E-state index contributed by atoms with van der Waals surface area (Å²) in [6.07, 6.45) is 2.59. The number of aryl methyl sites for hydroxylation is 1. The number of carbonyl (C=O) groups is 1. The predicted octanol–water partition coefficient (Wildman–Crippen LogP) is 4.48. The van der Waals surface area contributed by atoms with E-state index < -0.39 is 17.3 Å². The number of nitrogens with one attached hydrogen (secondary N) is 1. The molecule has 0 aliphatic carbocycles. The van der Waals surface area contributed by atoms with Gasteiger partial charge in [-0.2, -0.15) is 10.2 Å². The van der Waals surface area contributed by atoms with Gasteiger partial charge in [0, 0.05) is 11.9 Å². The maximum Gasteiger partial charge on any atom is 0.269 e. The highest BCUT2D eigenvalue weighted by molar-refractivity contribution is 6.10. The van der Waals surface area contributed by atoms with Gasteiger partial charge in [-0.25, -0.2) is 4.39 Å². The van der Waals surface area contributed by atoms with Gasteiger partial charge >= 0.3 is 0 Å². The molecule has 0 radical (unpaired) electrons. The molecule has 0 saturated carbocycles. The molecule has 8 heteroatoms. The van der Waals surface area contributed by atoms with Crippen molar-refractivity contribution in [3.05, 3.63) is 106 Å². The summed E-state index contributed by atoms with van der Waals surface area (Å²) in [4.78, 5) is 30.2. The van der Waals surface area contributed by atoms with E-state index in [-0.39, 0.29) is 28.4 Å². The molecular formula is C25H17FN4O3. The summed E-state index contributed by atoms with van der Waals surface area (Å²) >= 11 is 0. The van der Waals surface area contributed by atoms with Gasteiger partial charge < -0.3 is 10.1 Å². The van der Waals surface area contributed by atoms with E-state index in [1.54, 1.807) is 36.4 Å². The van der Waals surface area contributed by atoms with E-state index in [0.29, 0.717) is 5.69 Å². The maximum atomic E-state index is 14.2. The first kappa shape index (κ1) is 21.5. The zero-order valence-electron chi connectivity index (χ0n) is 17.4. The van der Waals surface area contributed by atoms with Crippen molar-refractivity contribution in [1.82, 2.24) is 9.38 Å². The number of halogens is 1. The first-order valence-electron chi connectivity index (χ1n) is 9.90. The van der Waals surface area contributed by atoms with Gasteiger partial charge in [-0.1, -0.05) is 36.4 Å². The lowest BCUT2D eigenvalue weighted by molar-refractivity contribution is -0.112. The SMILES string of the molecule is Cc1ccccc1NC(=O)/C(C#N)=C\c1c(Oc2ccccc2F)nc2ccccn2c1=O. The molecule has 2 heterocycles. The number of ether oxygens (including phenoxy) is 1. The Morgan fingerprint density at radius 1 is 1.12 bits per heavy atom. The van der Waals surface area contributed by atoms with Crippen LogP contribution in [0.1, 0.15) is 11.1 Å². The van der Waals surface area contributed by atoms with E-state index >= 15 is 0 Å². The molecule has 1 N–H and O–H groups in total. The van der Waals surface area contributed by atoms with Crippen LogP contribution < -0.4 is 15.6 Å². The van der Waals surface area contributed by atoms with Gasteiger partial charge in [-0.3, -0.25) is 14.0 Å². The van der Waals surface area contributed by atoms with Crippen molar-refractivity contribution in [2.24, 2.45) is 0 Å². The number of nitrogens with zero attached hydrogens (tertiary/aromatic N) is 3. The highest BCUT2D eigenvalue weighted by Crippen LogP contribution is 2.26. The highest BCUT2D eigenvalue weighted by Gasteiger charge is 2.18. The summed E-state index contributed by atoms with van der Waals surface area (Å²) in [5.41, 5.74) is 0.501. The molecule has 0 atom stereocenters.